The first-order valence-electron chi connectivity index (χ1n) is 7.67. The van der Waals surface area contributed by atoms with E-state index in [1.165, 1.54) is 0 Å². The number of nitrogens with two attached hydrogens (primary N) is 1. The Balaban J connectivity index is 2.46. The number of amides is 1. The van der Waals surface area contributed by atoms with Gasteiger partial charge in [0.1, 0.15) is 5.75 Å². The molecule has 4 heteroatoms. The summed E-state index contributed by atoms with van der Waals surface area (Å²) in [4.78, 5) is 14.0. The number of hydrogen-bond acceptors (Lipinski definition) is 3. The quantitative estimate of drug-likeness (QED) is 0.761. The first-order valence-corrected chi connectivity index (χ1v) is 7.67. The number of methoxy groups -OCH3 is 1. The van der Waals surface area contributed by atoms with Crippen LogP contribution in [-0.2, 0) is 11.3 Å². The van der Waals surface area contributed by atoms with Gasteiger partial charge in [0.2, 0.25) is 5.91 Å². The van der Waals surface area contributed by atoms with Gasteiger partial charge in [-0.25, -0.2) is 0 Å². The van der Waals surface area contributed by atoms with Gasteiger partial charge in [-0.15, -0.1) is 0 Å². The van der Waals surface area contributed by atoms with Crippen LogP contribution in [0.25, 0.3) is 0 Å². The second-order valence-corrected chi connectivity index (χ2v) is 5.49. The van der Waals surface area contributed by atoms with Crippen LogP contribution in [0.4, 0.5) is 0 Å². The van der Waals surface area contributed by atoms with Crippen LogP contribution in [0.15, 0.2) is 24.3 Å². The normalized spacial score (nSPS) is 12.0. The summed E-state index contributed by atoms with van der Waals surface area (Å²) in [6.07, 6.45) is 3.61. The summed E-state index contributed by atoms with van der Waals surface area (Å²) in [7, 11) is 3.50. The number of carbonyl (C=O) groups is 1. The largest absolute Gasteiger partial charge is 0.497 e. The molecular formula is C17H28N2O2. The molecule has 4 nitrogen and oxygen atoms in total. The third kappa shape index (κ3) is 6.17. The topological polar surface area (TPSA) is 55.6 Å². The van der Waals surface area contributed by atoms with Crippen molar-refractivity contribution in [3.63, 3.8) is 0 Å². The molecule has 0 heterocycles. The average Bonchev–Trinajstić information content (AvgIpc) is 2.51. The molecule has 0 saturated carbocycles. The number of rotatable bonds is 9. The Bertz CT molecular complexity index is 435. The van der Waals surface area contributed by atoms with E-state index in [9.17, 15) is 4.79 Å². The first-order chi connectivity index (χ1) is 10.1. The highest BCUT2D eigenvalue weighted by Crippen LogP contribution is 2.17. The van der Waals surface area contributed by atoms with Crippen molar-refractivity contribution in [1.29, 1.82) is 0 Å². The first kappa shape index (κ1) is 17.5. The summed E-state index contributed by atoms with van der Waals surface area (Å²) < 4.78 is 5.20. The Kier molecular flexibility index (Phi) is 7.83. The fourth-order valence-electron chi connectivity index (χ4n) is 2.44. The number of carbonyl (C=O) groups excluding carboxylic acids is 1. The SMILES string of the molecule is CCC(CCN)CCC(=O)N(C)Cc1cccc(OC)c1. The van der Waals surface area contributed by atoms with Crippen molar-refractivity contribution in [2.75, 3.05) is 20.7 Å². The van der Waals surface area contributed by atoms with Gasteiger partial charge in [0.05, 0.1) is 7.11 Å². The molecule has 1 rings (SSSR count). The Morgan fingerprint density at radius 3 is 2.76 bits per heavy atom. The number of benzene rings is 1. The maximum absolute atomic E-state index is 12.2. The fraction of sp³-hybridized carbons (Fsp3) is 0.588. The highest BCUT2D eigenvalue weighted by Gasteiger charge is 2.13. The lowest BCUT2D eigenvalue weighted by Gasteiger charge is -2.19. The van der Waals surface area contributed by atoms with E-state index < -0.39 is 0 Å². The predicted molar refractivity (Wildman–Crippen MR) is 86.2 cm³/mol. The molecule has 21 heavy (non-hydrogen) atoms. The fourth-order valence-corrected chi connectivity index (χ4v) is 2.44. The van der Waals surface area contributed by atoms with Crippen LogP contribution in [-0.4, -0.2) is 31.5 Å². The summed E-state index contributed by atoms with van der Waals surface area (Å²) in [6.45, 7) is 3.47. The van der Waals surface area contributed by atoms with Gasteiger partial charge in [-0.05, 0) is 43.0 Å². The second kappa shape index (κ2) is 9.40. The summed E-state index contributed by atoms with van der Waals surface area (Å²) in [5, 5.41) is 0. The molecule has 0 bridgehead atoms. The number of nitrogens with zero attached hydrogens (tertiary/aromatic N) is 1. The van der Waals surface area contributed by atoms with Crippen LogP contribution in [0, 0.1) is 5.92 Å². The van der Waals surface area contributed by atoms with E-state index >= 15 is 0 Å². The molecule has 118 valence electrons. The molecule has 1 aromatic rings. The lowest BCUT2D eigenvalue weighted by atomic mass is 9.96. The van der Waals surface area contributed by atoms with E-state index in [4.69, 9.17) is 10.5 Å². The molecule has 2 N–H and O–H groups in total. The van der Waals surface area contributed by atoms with Crippen LogP contribution >= 0.6 is 0 Å². The van der Waals surface area contributed by atoms with E-state index in [0.717, 1.165) is 30.6 Å². The Hall–Kier alpha value is -1.55. The van der Waals surface area contributed by atoms with Gasteiger partial charge in [-0.3, -0.25) is 4.79 Å². The molecule has 0 aliphatic rings. The highest BCUT2D eigenvalue weighted by molar-refractivity contribution is 5.75. The van der Waals surface area contributed by atoms with Gasteiger partial charge in [0.25, 0.3) is 0 Å². The molecular weight excluding hydrogens is 264 g/mol. The molecule has 0 saturated heterocycles. The van der Waals surface area contributed by atoms with E-state index in [1.54, 1.807) is 12.0 Å². The zero-order valence-electron chi connectivity index (χ0n) is 13.5. The summed E-state index contributed by atoms with van der Waals surface area (Å²) in [5.41, 5.74) is 6.68. The molecule has 0 aromatic heterocycles. The maximum atomic E-state index is 12.2. The average molecular weight is 292 g/mol. The van der Waals surface area contributed by atoms with Crippen molar-refractivity contribution in [3.8, 4) is 5.75 Å². The Morgan fingerprint density at radius 1 is 1.38 bits per heavy atom. The van der Waals surface area contributed by atoms with Crippen molar-refractivity contribution < 1.29 is 9.53 Å². The molecule has 1 aromatic carbocycles. The van der Waals surface area contributed by atoms with E-state index in [2.05, 4.69) is 6.92 Å². The zero-order valence-corrected chi connectivity index (χ0v) is 13.5. The summed E-state index contributed by atoms with van der Waals surface area (Å²) in [5.74, 6) is 1.57. The molecule has 0 fully saturated rings. The third-order valence-electron chi connectivity index (χ3n) is 3.90. The zero-order chi connectivity index (χ0) is 15.7. The minimum Gasteiger partial charge on any atom is -0.497 e. The van der Waals surface area contributed by atoms with Gasteiger partial charge in [0.15, 0.2) is 0 Å². The minimum absolute atomic E-state index is 0.188. The minimum atomic E-state index is 0.188. The Morgan fingerprint density at radius 2 is 2.14 bits per heavy atom. The summed E-state index contributed by atoms with van der Waals surface area (Å²) >= 11 is 0. The third-order valence-corrected chi connectivity index (χ3v) is 3.90. The molecule has 1 unspecified atom stereocenters. The van der Waals surface area contributed by atoms with Crippen LogP contribution < -0.4 is 10.5 Å². The van der Waals surface area contributed by atoms with Crippen LogP contribution in [0.5, 0.6) is 5.75 Å². The van der Waals surface area contributed by atoms with Gasteiger partial charge >= 0.3 is 0 Å². The van der Waals surface area contributed by atoms with E-state index in [-0.39, 0.29) is 5.91 Å². The number of ether oxygens (including phenoxy) is 1. The van der Waals surface area contributed by atoms with Gasteiger partial charge in [0, 0.05) is 20.0 Å². The molecule has 1 amide bonds. The van der Waals surface area contributed by atoms with Gasteiger partial charge in [-0.1, -0.05) is 25.5 Å². The van der Waals surface area contributed by atoms with E-state index in [0.29, 0.717) is 25.4 Å². The highest BCUT2D eigenvalue weighted by atomic mass is 16.5. The molecule has 0 aliphatic heterocycles. The van der Waals surface area contributed by atoms with Crippen LogP contribution in [0.2, 0.25) is 0 Å². The van der Waals surface area contributed by atoms with Gasteiger partial charge in [-0.2, -0.15) is 0 Å². The van der Waals surface area contributed by atoms with Crippen molar-refractivity contribution in [3.05, 3.63) is 29.8 Å². The van der Waals surface area contributed by atoms with Crippen LogP contribution in [0.3, 0.4) is 0 Å². The molecule has 0 radical (unpaired) electrons. The standard InChI is InChI=1S/C17H28N2O2/c1-4-14(10-11-18)8-9-17(20)19(2)13-15-6-5-7-16(12-15)21-3/h5-7,12,14H,4,8-11,13,18H2,1-3H3. The Labute approximate surface area is 128 Å². The van der Waals surface area contributed by atoms with E-state index in [1.807, 2.05) is 31.3 Å². The molecule has 0 spiro atoms. The summed E-state index contributed by atoms with van der Waals surface area (Å²) in [6, 6.07) is 7.83. The smallest absolute Gasteiger partial charge is 0.222 e. The lowest BCUT2D eigenvalue weighted by molar-refractivity contribution is -0.130. The van der Waals surface area contributed by atoms with Crippen LogP contribution in [0.1, 0.15) is 38.2 Å². The van der Waals surface area contributed by atoms with Crippen molar-refractivity contribution >= 4 is 5.91 Å². The second-order valence-electron chi connectivity index (χ2n) is 5.49. The lowest BCUT2D eigenvalue weighted by Crippen LogP contribution is -2.26. The maximum Gasteiger partial charge on any atom is 0.222 e. The van der Waals surface area contributed by atoms with Crippen molar-refractivity contribution in [1.82, 2.24) is 4.90 Å². The van der Waals surface area contributed by atoms with Gasteiger partial charge < -0.3 is 15.4 Å². The number of hydrogen-bond donors (Lipinski definition) is 1. The molecule has 1 atom stereocenters. The predicted octanol–water partition coefficient (Wildman–Crippen LogP) is 2.81. The van der Waals surface area contributed by atoms with Crippen molar-refractivity contribution in [2.45, 2.75) is 39.2 Å². The monoisotopic (exact) mass is 292 g/mol. The van der Waals surface area contributed by atoms with Crippen molar-refractivity contribution in [2.24, 2.45) is 11.7 Å². The molecule has 0 aliphatic carbocycles.